The summed E-state index contributed by atoms with van der Waals surface area (Å²) in [7, 11) is 0. The van der Waals surface area contributed by atoms with Crippen molar-refractivity contribution in [2.75, 3.05) is 6.61 Å². The van der Waals surface area contributed by atoms with Crippen LogP contribution in [0.4, 0.5) is 0 Å². The molecule has 0 spiro atoms. The van der Waals surface area contributed by atoms with Gasteiger partial charge in [-0.25, -0.2) is 0 Å². The van der Waals surface area contributed by atoms with Gasteiger partial charge in [0.2, 0.25) is 0 Å². The molecule has 2 rings (SSSR count). The van der Waals surface area contributed by atoms with Crippen LogP contribution in [0.3, 0.4) is 0 Å². The van der Waals surface area contributed by atoms with Gasteiger partial charge in [0.25, 0.3) is 0 Å². The van der Waals surface area contributed by atoms with Crippen molar-refractivity contribution in [3.8, 4) is 0 Å². The molecule has 3 heteroatoms. The lowest BCUT2D eigenvalue weighted by Crippen LogP contribution is -2.45. The average Bonchev–Trinajstić information content (AvgIpc) is 2.62. The lowest BCUT2D eigenvalue weighted by atomic mass is 9.64. The van der Waals surface area contributed by atoms with E-state index in [2.05, 4.69) is 6.92 Å². The van der Waals surface area contributed by atoms with Crippen LogP contribution in [-0.2, 0) is 9.53 Å². The number of hydrogen-bond donors (Lipinski definition) is 1. The van der Waals surface area contributed by atoms with Gasteiger partial charge in [0.05, 0.1) is 11.5 Å². The molecule has 0 amide bonds. The van der Waals surface area contributed by atoms with Crippen LogP contribution in [0.1, 0.15) is 46.0 Å². The van der Waals surface area contributed by atoms with E-state index in [1.165, 1.54) is 12.8 Å². The Kier molecular flexibility index (Phi) is 3.24. The molecular formula is C13H22O3. The first-order chi connectivity index (χ1) is 7.57. The minimum Gasteiger partial charge on any atom is -0.481 e. The molecule has 2 aliphatic rings. The number of carboxylic acids is 1. The van der Waals surface area contributed by atoms with E-state index in [4.69, 9.17) is 4.74 Å². The maximum atomic E-state index is 11.6. The molecule has 0 radical (unpaired) electrons. The first-order valence-corrected chi connectivity index (χ1v) is 6.42. The third kappa shape index (κ3) is 1.75. The van der Waals surface area contributed by atoms with E-state index in [-0.39, 0.29) is 6.10 Å². The Morgan fingerprint density at radius 2 is 1.88 bits per heavy atom. The van der Waals surface area contributed by atoms with Crippen molar-refractivity contribution in [3.05, 3.63) is 0 Å². The Labute approximate surface area is 97.2 Å². The molecule has 1 saturated heterocycles. The Balaban J connectivity index is 2.17. The van der Waals surface area contributed by atoms with Gasteiger partial charge in [0.1, 0.15) is 0 Å². The Morgan fingerprint density at radius 3 is 2.31 bits per heavy atom. The molecular weight excluding hydrogens is 204 g/mol. The van der Waals surface area contributed by atoms with Gasteiger partial charge in [-0.15, -0.1) is 0 Å². The lowest BCUT2D eigenvalue weighted by Gasteiger charge is -2.39. The second kappa shape index (κ2) is 4.36. The van der Waals surface area contributed by atoms with Gasteiger partial charge in [0, 0.05) is 6.61 Å². The predicted octanol–water partition coefficient (Wildman–Crippen LogP) is 2.69. The van der Waals surface area contributed by atoms with Gasteiger partial charge in [-0.3, -0.25) is 4.79 Å². The second-order valence-corrected chi connectivity index (χ2v) is 5.57. The third-order valence-corrected chi connectivity index (χ3v) is 4.75. The Morgan fingerprint density at radius 1 is 1.25 bits per heavy atom. The number of ether oxygens (including phenoxy) is 1. The van der Waals surface area contributed by atoms with Crippen LogP contribution in [0.25, 0.3) is 0 Å². The lowest BCUT2D eigenvalue weighted by molar-refractivity contribution is -0.158. The minimum atomic E-state index is -0.642. The molecule has 0 aromatic heterocycles. The molecule has 1 saturated carbocycles. The summed E-state index contributed by atoms with van der Waals surface area (Å²) in [5, 5.41) is 9.57. The first-order valence-electron chi connectivity index (χ1n) is 6.42. The van der Waals surface area contributed by atoms with E-state index in [1.54, 1.807) is 0 Å². The van der Waals surface area contributed by atoms with Gasteiger partial charge >= 0.3 is 5.97 Å². The highest BCUT2D eigenvalue weighted by atomic mass is 16.5. The molecule has 0 aromatic rings. The molecule has 1 aliphatic heterocycles. The highest BCUT2D eigenvalue weighted by molar-refractivity contribution is 5.76. The highest BCUT2D eigenvalue weighted by Crippen LogP contribution is 2.48. The fourth-order valence-corrected chi connectivity index (χ4v) is 3.52. The quantitative estimate of drug-likeness (QED) is 0.787. The number of rotatable bonds is 2. The molecule has 0 bridgehead atoms. The van der Waals surface area contributed by atoms with Crippen LogP contribution in [0.15, 0.2) is 0 Å². The Hall–Kier alpha value is -0.570. The van der Waals surface area contributed by atoms with Gasteiger partial charge < -0.3 is 9.84 Å². The normalized spacial score (nSPS) is 44.5. The van der Waals surface area contributed by atoms with E-state index < -0.39 is 11.4 Å². The van der Waals surface area contributed by atoms with E-state index in [0.29, 0.717) is 18.9 Å². The van der Waals surface area contributed by atoms with Gasteiger partial charge in [-0.2, -0.15) is 0 Å². The maximum absolute atomic E-state index is 11.6. The van der Waals surface area contributed by atoms with Crippen LogP contribution in [0.2, 0.25) is 0 Å². The van der Waals surface area contributed by atoms with E-state index >= 15 is 0 Å². The Bertz CT molecular complexity index is 268. The van der Waals surface area contributed by atoms with Crippen molar-refractivity contribution in [2.24, 2.45) is 17.3 Å². The largest absolute Gasteiger partial charge is 0.481 e. The summed E-state index contributed by atoms with van der Waals surface area (Å²) < 4.78 is 5.53. The molecule has 2 fully saturated rings. The molecule has 3 nitrogen and oxygen atoms in total. The first kappa shape index (κ1) is 11.9. The minimum absolute atomic E-state index is 0.122. The predicted molar refractivity (Wildman–Crippen MR) is 61.2 cm³/mol. The van der Waals surface area contributed by atoms with Crippen LogP contribution < -0.4 is 0 Å². The number of hydrogen-bond acceptors (Lipinski definition) is 2. The maximum Gasteiger partial charge on any atom is 0.312 e. The molecule has 92 valence electrons. The monoisotopic (exact) mass is 226 g/mol. The van der Waals surface area contributed by atoms with E-state index in [0.717, 1.165) is 18.8 Å². The zero-order valence-electron chi connectivity index (χ0n) is 10.2. The summed E-state index contributed by atoms with van der Waals surface area (Å²) in [6.45, 7) is 4.80. The molecule has 1 N–H and O–H groups in total. The fourth-order valence-electron chi connectivity index (χ4n) is 3.52. The highest BCUT2D eigenvalue weighted by Gasteiger charge is 2.53. The standard InChI is InChI=1S/C13H22O3/c1-9-3-5-11(6-4-9)13(12(14)15)7-8-16-10(13)2/h9-11H,3-8H2,1-2H3,(H,14,15). The second-order valence-electron chi connectivity index (χ2n) is 5.57. The van der Waals surface area contributed by atoms with Crippen molar-refractivity contribution in [1.29, 1.82) is 0 Å². The summed E-state index contributed by atoms with van der Waals surface area (Å²) in [6.07, 6.45) is 5.03. The van der Waals surface area contributed by atoms with Crippen LogP contribution in [0.5, 0.6) is 0 Å². The zero-order valence-corrected chi connectivity index (χ0v) is 10.2. The van der Waals surface area contributed by atoms with Crippen molar-refractivity contribution in [1.82, 2.24) is 0 Å². The molecule has 2 unspecified atom stereocenters. The van der Waals surface area contributed by atoms with Crippen molar-refractivity contribution in [2.45, 2.75) is 52.1 Å². The van der Waals surface area contributed by atoms with Crippen molar-refractivity contribution >= 4 is 5.97 Å². The third-order valence-electron chi connectivity index (χ3n) is 4.75. The molecule has 1 aliphatic carbocycles. The number of aliphatic carboxylic acids is 1. The average molecular weight is 226 g/mol. The molecule has 1 heterocycles. The van der Waals surface area contributed by atoms with Gasteiger partial charge in [0.15, 0.2) is 0 Å². The van der Waals surface area contributed by atoms with Crippen molar-refractivity contribution in [3.63, 3.8) is 0 Å². The summed E-state index contributed by atoms with van der Waals surface area (Å²) in [6, 6.07) is 0. The number of carboxylic acid groups (broad SMARTS) is 1. The van der Waals surface area contributed by atoms with Gasteiger partial charge in [-0.05, 0) is 38.0 Å². The smallest absolute Gasteiger partial charge is 0.312 e. The fraction of sp³-hybridized carbons (Fsp3) is 0.923. The van der Waals surface area contributed by atoms with Crippen molar-refractivity contribution < 1.29 is 14.6 Å². The summed E-state index contributed by atoms with van der Waals surface area (Å²) in [4.78, 5) is 11.6. The zero-order chi connectivity index (χ0) is 11.8. The van der Waals surface area contributed by atoms with Crippen LogP contribution >= 0.6 is 0 Å². The van der Waals surface area contributed by atoms with Gasteiger partial charge in [-0.1, -0.05) is 19.8 Å². The molecule has 2 atom stereocenters. The summed E-state index contributed by atoms with van der Waals surface area (Å²) >= 11 is 0. The van der Waals surface area contributed by atoms with Crippen LogP contribution in [0, 0.1) is 17.3 Å². The van der Waals surface area contributed by atoms with E-state index in [9.17, 15) is 9.90 Å². The topological polar surface area (TPSA) is 46.5 Å². The van der Waals surface area contributed by atoms with Crippen LogP contribution in [-0.4, -0.2) is 23.8 Å². The van der Waals surface area contributed by atoms with E-state index in [1.807, 2.05) is 6.92 Å². The number of carbonyl (C=O) groups is 1. The molecule has 0 aromatic carbocycles. The SMILES string of the molecule is CC1CCC(C2(C(=O)O)CCOC2C)CC1. The summed E-state index contributed by atoms with van der Waals surface area (Å²) in [5.41, 5.74) is -0.597. The molecule has 16 heavy (non-hydrogen) atoms. The summed E-state index contributed by atoms with van der Waals surface area (Å²) in [5.74, 6) is 0.440.